The Morgan fingerprint density at radius 1 is 1.20 bits per heavy atom. The molecule has 4 rings (SSSR count). The van der Waals surface area contributed by atoms with Crippen LogP contribution in [0.4, 0.5) is 4.39 Å². The van der Waals surface area contributed by atoms with Gasteiger partial charge in [-0.2, -0.15) is 5.10 Å². The predicted molar refractivity (Wildman–Crippen MR) is 88.7 cm³/mol. The van der Waals surface area contributed by atoms with Gasteiger partial charge in [-0.25, -0.2) is 9.07 Å². The van der Waals surface area contributed by atoms with Crippen LogP contribution in [0, 0.1) is 5.82 Å². The highest BCUT2D eigenvalue weighted by Crippen LogP contribution is 2.39. The molecule has 1 spiro atoms. The first-order valence-corrected chi connectivity index (χ1v) is 8.58. The Kier molecular flexibility index (Phi) is 4.33. The number of nitrogens with zero attached hydrogens (tertiary/aromatic N) is 3. The minimum Gasteiger partial charge on any atom is -0.389 e. The monoisotopic (exact) mass is 347 g/mol. The molecule has 2 fully saturated rings. The quantitative estimate of drug-likeness (QED) is 0.870. The molecule has 2 aliphatic rings. The van der Waals surface area contributed by atoms with Crippen LogP contribution >= 0.6 is 0 Å². The van der Waals surface area contributed by atoms with Crippen molar-refractivity contribution in [2.24, 2.45) is 0 Å². The fraction of sp³-hybridized carbons (Fsp3) is 0.500. The predicted octanol–water partition coefficient (Wildman–Crippen LogP) is 1.10. The van der Waals surface area contributed by atoms with Crippen LogP contribution in [0.2, 0.25) is 0 Å². The zero-order valence-corrected chi connectivity index (χ0v) is 13.9. The van der Waals surface area contributed by atoms with Crippen LogP contribution < -0.4 is 0 Å². The third-order valence-corrected chi connectivity index (χ3v) is 5.41. The number of halogens is 1. The Morgan fingerprint density at radius 3 is 2.72 bits per heavy atom. The van der Waals surface area contributed by atoms with E-state index in [0.717, 1.165) is 5.69 Å². The Bertz CT molecular complexity index is 745. The van der Waals surface area contributed by atoms with Crippen LogP contribution in [0.1, 0.15) is 18.5 Å². The van der Waals surface area contributed by atoms with Gasteiger partial charge >= 0.3 is 0 Å². The molecule has 6 nitrogen and oxygen atoms in total. The first-order chi connectivity index (χ1) is 12.1. The Morgan fingerprint density at radius 2 is 1.96 bits per heavy atom. The molecular weight excluding hydrogens is 325 g/mol. The van der Waals surface area contributed by atoms with E-state index in [2.05, 4.69) is 10.00 Å². The molecule has 0 unspecified atom stereocenters. The molecule has 0 bridgehead atoms. The second-order valence-electron chi connectivity index (χ2n) is 6.81. The Labute approximate surface area is 145 Å². The first kappa shape index (κ1) is 16.7. The molecule has 2 N–H and O–H groups in total. The summed E-state index contributed by atoms with van der Waals surface area (Å²) in [6.07, 6.45) is 1.53. The SMILES string of the molecule is O[C@@H]1CN(Cc2ccn(-c3ccccc3F)n2)C2(CCOCC2)[C@@H]1O. The lowest BCUT2D eigenvalue weighted by atomic mass is 9.84. The maximum atomic E-state index is 13.9. The summed E-state index contributed by atoms with van der Waals surface area (Å²) in [5.74, 6) is -0.329. The molecule has 2 aliphatic heterocycles. The van der Waals surface area contributed by atoms with E-state index in [0.29, 0.717) is 44.8 Å². The smallest absolute Gasteiger partial charge is 0.148 e. The number of β-amino-alcohol motifs (C(OH)–C–C–N with tert-alkyl or cyclic N) is 1. The second kappa shape index (κ2) is 6.49. The Balaban J connectivity index is 1.57. The number of benzene rings is 1. The molecule has 0 radical (unpaired) electrons. The van der Waals surface area contributed by atoms with Gasteiger partial charge in [0.15, 0.2) is 0 Å². The highest BCUT2D eigenvalue weighted by Gasteiger charge is 2.53. The molecule has 1 aromatic heterocycles. The standard InChI is InChI=1S/C18H22FN3O3/c19-14-3-1-2-4-15(14)22-8-5-13(20-22)11-21-12-16(23)17(24)18(21)6-9-25-10-7-18/h1-5,8,16-17,23-24H,6-7,9-12H2/t16-,17-/m1/s1. The molecule has 2 atom stereocenters. The molecule has 134 valence electrons. The first-order valence-electron chi connectivity index (χ1n) is 8.58. The number of likely N-dealkylation sites (tertiary alicyclic amines) is 1. The minimum atomic E-state index is -0.787. The van der Waals surface area contributed by atoms with E-state index in [9.17, 15) is 14.6 Å². The molecule has 25 heavy (non-hydrogen) atoms. The van der Waals surface area contributed by atoms with Gasteiger partial charge in [-0.3, -0.25) is 4.90 Å². The van der Waals surface area contributed by atoms with Crippen LogP contribution in [0.3, 0.4) is 0 Å². The van der Waals surface area contributed by atoms with Crippen molar-refractivity contribution in [2.45, 2.75) is 37.1 Å². The van der Waals surface area contributed by atoms with E-state index in [-0.39, 0.29) is 5.82 Å². The van der Waals surface area contributed by atoms with Crippen molar-refractivity contribution in [1.29, 1.82) is 0 Å². The Hall–Kier alpha value is -1.80. The molecule has 2 saturated heterocycles. The van der Waals surface area contributed by atoms with E-state index in [1.165, 1.54) is 10.7 Å². The van der Waals surface area contributed by atoms with Crippen molar-refractivity contribution in [3.63, 3.8) is 0 Å². The summed E-state index contributed by atoms with van der Waals surface area (Å²) >= 11 is 0. The van der Waals surface area contributed by atoms with Gasteiger partial charge in [0.25, 0.3) is 0 Å². The third-order valence-electron chi connectivity index (χ3n) is 5.41. The van der Waals surface area contributed by atoms with E-state index in [1.54, 1.807) is 24.4 Å². The van der Waals surface area contributed by atoms with E-state index >= 15 is 0 Å². The van der Waals surface area contributed by atoms with Gasteiger partial charge in [-0.05, 0) is 31.0 Å². The fourth-order valence-corrected chi connectivity index (χ4v) is 4.02. The van der Waals surface area contributed by atoms with E-state index in [4.69, 9.17) is 4.74 Å². The lowest BCUT2D eigenvalue weighted by Crippen LogP contribution is -2.54. The largest absolute Gasteiger partial charge is 0.389 e. The molecule has 7 heteroatoms. The van der Waals surface area contributed by atoms with Gasteiger partial charge in [0, 0.05) is 32.5 Å². The summed E-state index contributed by atoms with van der Waals surface area (Å²) in [5, 5.41) is 25.2. The number of aliphatic hydroxyl groups is 2. The highest BCUT2D eigenvalue weighted by atomic mass is 19.1. The second-order valence-corrected chi connectivity index (χ2v) is 6.81. The maximum Gasteiger partial charge on any atom is 0.148 e. The average molecular weight is 347 g/mol. The normalized spacial score (nSPS) is 26.4. The van der Waals surface area contributed by atoms with Crippen molar-refractivity contribution < 1.29 is 19.3 Å². The maximum absolute atomic E-state index is 13.9. The van der Waals surface area contributed by atoms with Crippen LogP contribution in [0.15, 0.2) is 36.5 Å². The van der Waals surface area contributed by atoms with E-state index < -0.39 is 17.7 Å². The summed E-state index contributed by atoms with van der Waals surface area (Å²) < 4.78 is 20.9. The van der Waals surface area contributed by atoms with Gasteiger partial charge in [0.2, 0.25) is 0 Å². The molecule has 0 amide bonds. The van der Waals surface area contributed by atoms with E-state index in [1.807, 2.05) is 6.07 Å². The summed E-state index contributed by atoms with van der Waals surface area (Å²) in [4.78, 5) is 2.10. The van der Waals surface area contributed by atoms with Crippen LogP contribution in [-0.4, -0.2) is 62.4 Å². The van der Waals surface area contributed by atoms with Gasteiger partial charge in [0.05, 0.1) is 23.4 Å². The van der Waals surface area contributed by atoms with Gasteiger partial charge in [-0.1, -0.05) is 12.1 Å². The number of ether oxygens (including phenoxy) is 1. The number of aromatic nitrogens is 2. The summed E-state index contributed by atoms with van der Waals surface area (Å²) in [6.45, 7) is 2.04. The minimum absolute atomic E-state index is 0.329. The zero-order chi connectivity index (χ0) is 17.4. The molecule has 2 aromatic rings. The van der Waals surface area contributed by atoms with Crippen LogP contribution in [0.25, 0.3) is 5.69 Å². The van der Waals surface area contributed by atoms with Gasteiger partial charge in [0.1, 0.15) is 11.5 Å². The summed E-state index contributed by atoms with van der Waals surface area (Å²) in [6, 6.07) is 8.34. The van der Waals surface area contributed by atoms with Crippen molar-refractivity contribution in [1.82, 2.24) is 14.7 Å². The molecule has 0 aliphatic carbocycles. The van der Waals surface area contributed by atoms with Crippen LogP contribution in [0.5, 0.6) is 0 Å². The third kappa shape index (κ3) is 2.87. The average Bonchev–Trinajstić information content (AvgIpc) is 3.17. The number of para-hydroxylation sites is 1. The molecule has 0 saturated carbocycles. The lowest BCUT2D eigenvalue weighted by molar-refractivity contribution is -0.0732. The zero-order valence-electron chi connectivity index (χ0n) is 13.9. The number of hydrogen-bond acceptors (Lipinski definition) is 5. The van der Waals surface area contributed by atoms with Crippen molar-refractivity contribution >= 4 is 0 Å². The number of aliphatic hydroxyl groups excluding tert-OH is 2. The fourth-order valence-electron chi connectivity index (χ4n) is 4.02. The van der Waals surface area contributed by atoms with Crippen molar-refractivity contribution in [3.8, 4) is 5.69 Å². The number of rotatable bonds is 3. The molecule has 3 heterocycles. The molecular formula is C18H22FN3O3. The summed E-state index contributed by atoms with van der Waals surface area (Å²) in [7, 11) is 0. The highest BCUT2D eigenvalue weighted by molar-refractivity contribution is 5.32. The number of hydrogen-bond donors (Lipinski definition) is 2. The van der Waals surface area contributed by atoms with Crippen LogP contribution in [-0.2, 0) is 11.3 Å². The lowest BCUT2D eigenvalue weighted by Gasteiger charge is -2.43. The van der Waals surface area contributed by atoms with Crippen molar-refractivity contribution in [2.75, 3.05) is 19.8 Å². The summed E-state index contributed by atoms with van der Waals surface area (Å²) in [5.41, 5.74) is 0.700. The van der Waals surface area contributed by atoms with Gasteiger partial charge < -0.3 is 14.9 Å². The van der Waals surface area contributed by atoms with Gasteiger partial charge in [-0.15, -0.1) is 0 Å². The van der Waals surface area contributed by atoms with Crippen molar-refractivity contribution in [3.05, 3.63) is 48.0 Å². The molecule has 1 aromatic carbocycles. The topological polar surface area (TPSA) is 70.8 Å².